The smallest absolute Gasteiger partial charge is 0.229 e. The maximum absolute atomic E-state index is 12.5. The van der Waals surface area contributed by atoms with Crippen LogP contribution in [0.15, 0.2) is 4.52 Å². The highest BCUT2D eigenvalue weighted by Gasteiger charge is 2.41. The Balaban J connectivity index is 0.00000208. The molecule has 2 heterocycles. The van der Waals surface area contributed by atoms with Crippen molar-refractivity contribution in [2.24, 2.45) is 5.92 Å². The molecule has 0 unspecified atom stereocenters. The third kappa shape index (κ3) is 4.48. The molecule has 2 N–H and O–H groups in total. The van der Waals surface area contributed by atoms with Crippen LogP contribution in [0.5, 0.6) is 0 Å². The van der Waals surface area contributed by atoms with Crippen LogP contribution in [0.3, 0.4) is 0 Å². The second-order valence-corrected chi connectivity index (χ2v) is 7.19. The van der Waals surface area contributed by atoms with Gasteiger partial charge in [0, 0.05) is 24.4 Å². The fraction of sp³-hybridized carbons (Fsp3) is 0.824. The van der Waals surface area contributed by atoms with E-state index in [0.717, 1.165) is 38.2 Å². The summed E-state index contributed by atoms with van der Waals surface area (Å²) >= 11 is 0. The highest BCUT2D eigenvalue weighted by atomic mass is 35.5. The fourth-order valence-electron chi connectivity index (χ4n) is 3.64. The van der Waals surface area contributed by atoms with Crippen molar-refractivity contribution >= 4 is 18.3 Å². The third-order valence-corrected chi connectivity index (χ3v) is 5.03. The summed E-state index contributed by atoms with van der Waals surface area (Å²) in [6.07, 6.45) is 6.38. The van der Waals surface area contributed by atoms with Crippen LogP contribution in [0.25, 0.3) is 0 Å². The van der Waals surface area contributed by atoms with E-state index in [0.29, 0.717) is 5.89 Å². The molecular formula is C17H29ClN4O2. The van der Waals surface area contributed by atoms with Gasteiger partial charge < -0.3 is 15.2 Å². The Hall–Kier alpha value is -1.14. The maximum atomic E-state index is 12.5. The number of hydrogen-bond acceptors (Lipinski definition) is 5. The predicted molar refractivity (Wildman–Crippen MR) is 94.4 cm³/mol. The van der Waals surface area contributed by atoms with Crippen LogP contribution in [-0.2, 0) is 4.79 Å². The zero-order valence-electron chi connectivity index (χ0n) is 14.6. The zero-order chi connectivity index (χ0) is 16.2. The Morgan fingerprint density at radius 3 is 2.58 bits per heavy atom. The van der Waals surface area contributed by atoms with E-state index in [-0.39, 0.29) is 42.1 Å². The second-order valence-electron chi connectivity index (χ2n) is 7.19. The predicted octanol–water partition coefficient (Wildman–Crippen LogP) is 2.76. The maximum Gasteiger partial charge on any atom is 0.229 e. The van der Waals surface area contributed by atoms with E-state index in [9.17, 15) is 4.79 Å². The number of nitrogens with one attached hydrogen (secondary N) is 2. The highest BCUT2D eigenvalue weighted by Crippen LogP contribution is 2.38. The molecule has 136 valence electrons. The van der Waals surface area contributed by atoms with Gasteiger partial charge in [-0.3, -0.25) is 4.79 Å². The van der Waals surface area contributed by atoms with Gasteiger partial charge in [0.1, 0.15) is 0 Å². The van der Waals surface area contributed by atoms with E-state index in [1.54, 1.807) is 0 Å². The van der Waals surface area contributed by atoms with Crippen molar-refractivity contribution in [1.29, 1.82) is 0 Å². The molecule has 1 saturated heterocycles. The summed E-state index contributed by atoms with van der Waals surface area (Å²) in [5.41, 5.74) is 0. The van der Waals surface area contributed by atoms with Crippen molar-refractivity contribution in [1.82, 2.24) is 20.8 Å². The molecule has 6 nitrogen and oxygen atoms in total. The summed E-state index contributed by atoms with van der Waals surface area (Å²) in [6, 6.07) is 0.215. The largest absolute Gasteiger partial charge is 0.356 e. The standard InChI is InChI=1S/C17H28N4O2.ClH/c1-11(2)15-20-17(23-21-15)12-9-13-14(10-12)18-7-5-3-4-6-8-19-16(13)22;/h11-14,18H,3-10H2,1-2H3,(H,19,22);1H/t12-,13-,14+;/m1./s1. The van der Waals surface area contributed by atoms with E-state index in [4.69, 9.17) is 4.52 Å². The van der Waals surface area contributed by atoms with Gasteiger partial charge >= 0.3 is 0 Å². The molecule has 3 atom stereocenters. The second kappa shape index (κ2) is 8.81. The first-order valence-corrected chi connectivity index (χ1v) is 8.99. The molecule has 7 heteroatoms. The molecule has 2 fully saturated rings. The van der Waals surface area contributed by atoms with Crippen molar-refractivity contribution in [3.8, 4) is 0 Å². The number of amides is 1. The first-order chi connectivity index (χ1) is 11.1. The van der Waals surface area contributed by atoms with Crippen LogP contribution in [0, 0.1) is 5.92 Å². The van der Waals surface area contributed by atoms with Crippen molar-refractivity contribution < 1.29 is 9.32 Å². The normalized spacial score (nSPS) is 28.6. The van der Waals surface area contributed by atoms with Gasteiger partial charge in [0.25, 0.3) is 0 Å². The zero-order valence-corrected chi connectivity index (χ0v) is 15.4. The first-order valence-electron chi connectivity index (χ1n) is 8.99. The summed E-state index contributed by atoms with van der Waals surface area (Å²) in [5.74, 6) is 2.09. The van der Waals surface area contributed by atoms with Gasteiger partial charge in [-0.25, -0.2) is 0 Å². The molecule has 1 amide bonds. The third-order valence-electron chi connectivity index (χ3n) is 5.03. The van der Waals surface area contributed by atoms with E-state index >= 15 is 0 Å². The van der Waals surface area contributed by atoms with Gasteiger partial charge in [0.2, 0.25) is 11.8 Å². The monoisotopic (exact) mass is 356 g/mol. The molecule has 1 aromatic heterocycles. The van der Waals surface area contributed by atoms with Crippen molar-refractivity contribution in [2.45, 2.75) is 70.3 Å². The topological polar surface area (TPSA) is 80.0 Å². The lowest BCUT2D eigenvalue weighted by Gasteiger charge is -2.19. The average molecular weight is 357 g/mol. The van der Waals surface area contributed by atoms with Gasteiger partial charge in [-0.1, -0.05) is 31.8 Å². The molecule has 24 heavy (non-hydrogen) atoms. The lowest BCUT2D eigenvalue weighted by atomic mass is 10.0. The minimum atomic E-state index is 0. The summed E-state index contributed by atoms with van der Waals surface area (Å²) in [4.78, 5) is 17.0. The molecule has 1 aliphatic heterocycles. The van der Waals surface area contributed by atoms with Crippen molar-refractivity contribution in [3.63, 3.8) is 0 Å². The number of halogens is 1. The quantitative estimate of drug-likeness (QED) is 0.851. The highest BCUT2D eigenvalue weighted by molar-refractivity contribution is 5.85. The lowest BCUT2D eigenvalue weighted by Crippen LogP contribution is -2.41. The molecule has 1 aromatic rings. The minimum absolute atomic E-state index is 0. The number of rotatable bonds is 2. The van der Waals surface area contributed by atoms with Gasteiger partial charge in [-0.2, -0.15) is 4.98 Å². The van der Waals surface area contributed by atoms with Crippen LogP contribution in [0.4, 0.5) is 0 Å². The van der Waals surface area contributed by atoms with Gasteiger partial charge in [-0.15, -0.1) is 12.4 Å². The van der Waals surface area contributed by atoms with E-state index in [2.05, 4.69) is 34.6 Å². The number of carbonyl (C=O) groups is 1. The van der Waals surface area contributed by atoms with Gasteiger partial charge in [0.05, 0.1) is 5.92 Å². The molecule has 0 spiro atoms. The minimum Gasteiger partial charge on any atom is -0.356 e. The molecule has 3 rings (SSSR count). The number of hydrogen-bond donors (Lipinski definition) is 2. The Morgan fingerprint density at radius 2 is 1.88 bits per heavy atom. The number of fused-ring (bicyclic) bond motifs is 1. The van der Waals surface area contributed by atoms with E-state index in [1.165, 1.54) is 19.3 Å². The molecule has 2 aliphatic rings. The van der Waals surface area contributed by atoms with Crippen LogP contribution < -0.4 is 10.6 Å². The van der Waals surface area contributed by atoms with E-state index < -0.39 is 0 Å². The number of aromatic nitrogens is 2. The molecule has 0 bridgehead atoms. The summed E-state index contributed by atoms with van der Waals surface area (Å²) in [5, 5.41) is 10.8. The number of carbonyl (C=O) groups excluding carboxylic acids is 1. The average Bonchev–Trinajstić information content (AvgIpc) is 3.15. The molecular weight excluding hydrogens is 328 g/mol. The summed E-state index contributed by atoms with van der Waals surface area (Å²) in [6.45, 7) is 5.90. The van der Waals surface area contributed by atoms with Crippen LogP contribution in [0.2, 0.25) is 0 Å². The SMILES string of the molecule is CC(C)c1noc([C@H]2C[C@@H]3NCCCCCCNC(=O)[C@@H]3C2)n1.Cl. The van der Waals surface area contributed by atoms with Gasteiger partial charge in [-0.05, 0) is 32.2 Å². The Bertz CT molecular complexity index is 534. The Labute approximate surface area is 149 Å². The molecule has 1 saturated carbocycles. The Kier molecular flexibility index (Phi) is 7.04. The van der Waals surface area contributed by atoms with Gasteiger partial charge in [0.15, 0.2) is 5.82 Å². The summed E-state index contributed by atoms with van der Waals surface area (Å²) < 4.78 is 5.46. The molecule has 0 aromatic carbocycles. The fourth-order valence-corrected chi connectivity index (χ4v) is 3.64. The first kappa shape index (κ1) is 19.2. The van der Waals surface area contributed by atoms with Crippen LogP contribution >= 0.6 is 12.4 Å². The summed E-state index contributed by atoms with van der Waals surface area (Å²) in [7, 11) is 0. The van der Waals surface area contributed by atoms with Crippen LogP contribution in [-0.4, -0.2) is 35.2 Å². The van der Waals surface area contributed by atoms with E-state index in [1.807, 2.05) is 0 Å². The lowest BCUT2D eigenvalue weighted by molar-refractivity contribution is -0.125. The van der Waals surface area contributed by atoms with Crippen molar-refractivity contribution in [3.05, 3.63) is 11.7 Å². The molecule has 1 aliphatic carbocycles. The molecule has 0 radical (unpaired) electrons. The Morgan fingerprint density at radius 1 is 1.12 bits per heavy atom. The van der Waals surface area contributed by atoms with Crippen molar-refractivity contribution in [2.75, 3.05) is 13.1 Å². The number of nitrogens with zero attached hydrogens (tertiary/aromatic N) is 2. The van der Waals surface area contributed by atoms with Crippen LogP contribution in [0.1, 0.15) is 75.9 Å².